The molecule has 1 N–H and O–H groups in total. The van der Waals surface area contributed by atoms with E-state index < -0.39 is 10.2 Å². The number of imidazole rings is 1. The van der Waals surface area contributed by atoms with E-state index in [2.05, 4.69) is 16.9 Å². The van der Waals surface area contributed by atoms with Gasteiger partial charge < -0.3 is 9.88 Å². The molecule has 2 aromatic carbocycles. The minimum Gasteiger partial charge on any atom is -0.319 e. The molecule has 138 valence electrons. The van der Waals surface area contributed by atoms with E-state index in [0.29, 0.717) is 11.7 Å². The maximum Gasteiger partial charge on any atom is 0.292 e. The predicted molar refractivity (Wildman–Crippen MR) is 107 cm³/mol. The normalized spacial score (nSPS) is 11.9. The van der Waals surface area contributed by atoms with Crippen LogP contribution in [0.2, 0.25) is 0 Å². The Labute approximate surface area is 160 Å². The molecule has 0 radical (unpaired) electrons. The van der Waals surface area contributed by atoms with Gasteiger partial charge in [0.05, 0.1) is 21.2 Å². The Kier molecular flexibility index (Phi) is 5.56. The van der Waals surface area contributed by atoms with E-state index in [9.17, 15) is 14.9 Å². The summed E-state index contributed by atoms with van der Waals surface area (Å²) in [5.74, 6) is -0.327. The van der Waals surface area contributed by atoms with Crippen LogP contribution in [0, 0.1) is 10.1 Å². The van der Waals surface area contributed by atoms with Crippen LogP contribution >= 0.6 is 11.8 Å². The van der Waals surface area contributed by atoms with Crippen LogP contribution in [0.5, 0.6) is 0 Å². The molecule has 1 aromatic heterocycles. The van der Waals surface area contributed by atoms with Gasteiger partial charge in [0.2, 0.25) is 5.91 Å². The van der Waals surface area contributed by atoms with Crippen molar-refractivity contribution in [1.82, 2.24) is 9.55 Å². The highest BCUT2D eigenvalue weighted by atomic mass is 32.2. The molecular weight excluding hydrogens is 364 g/mol. The number of rotatable bonds is 7. The second-order valence-corrected chi connectivity index (χ2v) is 7.11. The summed E-state index contributed by atoms with van der Waals surface area (Å²) in [7, 11) is 0. The number of carbonyl (C=O) groups is 1. The number of para-hydroxylation sites is 4. The van der Waals surface area contributed by atoms with E-state index in [1.165, 1.54) is 23.9 Å². The summed E-state index contributed by atoms with van der Waals surface area (Å²) in [6, 6.07) is 13.8. The molecule has 1 amide bonds. The number of hydrogen-bond donors (Lipinski definition) is 1. The Balaban J connectivity index is 1.81. The summed E-state index contributed by atoms with van der Waals surface area (Å²) >= 11 is 1.30. The third-order valence-corrected chi connectivity index (χ3v) is 5.03. The summed E-state index contributed by atoms with van der Waals surface area (Å²) in [6.45, 7) is 6.09. The molecule has 8 heteroatoms. The third-order valence-electron chi connectivity index (χ3n) is 3.94. The van der Waals surface area contributed by atoms with Crippen LogP contribution < -0.4 is 5.32 Å². The van der Waals surface area contributed by atoms with Crippen LogP contribution in [-0.4, -0.2) is 25.6 Å². The molecule has 3 aromatic rings. The molecule has 7 nitrogen and oxygen atoms in total. The lowest BCUT2D eigenvalue weighted by Gasteiger charge is -2.13. The summed E-state index contributed by atoms with van der Waals surface area (Å²) in [5.41, 5.74) is 1.85. The number of nitro benzene ring substituents is 1. The molecule has 3 rings (SSSR count). The average Bonchev–Trinajstić information content (AvgIpc) is 2.99. The van der Waals surface area contributed by atoms with Crippen molar-refractivity contribution < 1.29 is 9.72 Å². The lowest BCUT2D eigenvalue weighted by molar-refractivity contribution is -0.383. The number of aromatic nitrogens is 2. The topological polar surface area (TPSA) is 90.1 Å². The van der Waals surface area contributed by atoms with Crippen molar-refractivity contribution in [3.05, 3.63) is 71.3 Å². The van der Waals surface area contributed by atoms with Gasteiger partial charge in [-0.3, -0.25) is 14.9 Å². The van der Waals surface area contributed by atoms with Gasteiger partial charge in [-0.25, -0.2) is 4.98 Å². The van der Waals surface area contributed by atoms with E-state index >= 15 is 0 Å². The van der Waals surface area contributed by atoms with Gasteiger partial charge in [0, 0.05) is 12.6 Å². The zero-order valence-corrected chi connectivity index (χ0v) is 15.5. The fourth-order valence-corrected chi connectivity index (χ4v) is 3.57. The fraction of sp³-hybridized carbons (Fsp3) is 0.158. The monoisotopic (exact) mass is 382 g/mol. The van der Waals surface area contributed by atoms with Gasteiger partial charge in [-0.1, -0.05) is 42.1 Å². The van der Waals surface area contributed by atoms with Gasteiger partial charge in [-0.15, -0.1) is 6.58 Å². The summed E-state index contributed by atoms with van der Waals surface area (Å²) in [6.07, 6.45) is 1.77. The quantitative estimate of drug-likeness (QED) is 0.285. The van der Waals surface area contributed by atoms with E-state index in [1.54, 1.807) is 25.1 Å². The predicted octanol–water partition coefficient (Wildman–Crippen LogP) is 4.25. The number of nitrogens with zero attached hydrogens (tertiary/aromatic N) is 3. The Bertz CT molecular complexity index is 1020. The maximum absolute atomic E-state index is 12.6. The molecule has 0 saturated heterocycles. The number of nitro groups is 1. The lowest BCUT2D eigenvalue weighted by atomic mass is 10.2. The van der Waals surface area contributed by atoms with Crippen molar-refractivity contribution in [3.63, 3.8) is 0 Å². The van der Waals surface area contributed by atoms with Crippen molar-refractivity contribution >= 4 is 40.1 Å². The second kappa shape index (κ2) is 8.05. The average molecular weight is 382 g/mol. The first-order valence-electron chi connectivity index (χ1n) is 8.28. The minimum atomic E-state index is -0.517. The van der Waals surface area contributed by atoms with Crippen LogP contribution in [0.3, 0.4) is 0 Å². The molecule has 0 saturated carbocycles. The van der Waals surface area contributed by atoms with Crippen molar-refractivity contribution in [2.45, 2.75) is 23.9 Å². The fourth-order valence-electron chi connectivity index (χ4n) is 2.63. The van der Waals surface area contributed by atoms with Gasteiger partial charge >= 0.3 is 0 Å². The molecule has 1 heterocycles. The van der Waals surface area contributed by atoms with Crippen LogP contribution in [0.15, 0.2) is 66.3 Å². The Hall–Kier alpha value is -3.13. The number of benzene rings is 2. The number of carbonyl (C=O) groups excluding carboxylic acids is 1. The summed E-state index contributed by atoms with van der Waals surface area (Å²) in [4.78, 5) is 27.8. The number of thioether (sulfide) groups is 1. The molecular formula is C19H18N4O3S. The number of amides is 1. The number of hydrogen-bond acceptors (Lipinski definition) is 5. The Morgan fingerprint density at radius 2 is 2.04 bits per heavy atom. The number of allylic oxidation sites excluding steroid dienone is 1. The van der Waals surface area contributed by atoms with Crippen LogP contribution in [0.4, 0.5) is 11.4 Å². The Morgan fingerprint density at radius 3 is 2.78 bits per heavy atom. The molecule has 0 aliphatic carbocycles. The Morgan fingerprint density at radius 1 is 1.33 bits per heavy atom. The highest BCUT2D eigenvalue weighted by molar-refractivity contribution is 8.00. The van der Waals surface area contributed by atoms with Gasteiger partial charge in [0.1, 0.15) is 5.69 Å². The smallest absolute Gasteiger partial charge is 0.292 e. The van der Waals surface area contributed by atoms with E-state index in [4.69, 9.17) is 0 Å². The highest BCUT2D eigenvalue weighted by Crippen LogP contribution is 2.29. The number of nitrogens with one attached hydrogen (secondary N) is 1. The van der Waals surface area contributed by atoms with E-state index in [-0.39, 0.29) is 17.3 Å². The van der Waals surface area contributed by atoms with Crippen molar-refractivity contribution in [2.75, 3.05) is 5.32 Å². The molecule has 0 fully saturated rings. The van der Waals surface area contributed by atoms with Gasteiger partial charge in [-0.05, 0) is 25.1 Å². The summed E-state index contributed by atoms with van der Waals surface area (Å²) < 4.78 is 1.99. The van der Waals surface area contributed by atoms with Crippen molar-refractivity contribution in [2.24, 2.45) is 0 Å². The molecule has 0 aliphatic heterocycles. The SMILES string of the molecule is C=CCn1c(S[C@H](C)C(=O)Nc2ccccc2[N+](=O)[O-])nc2ccccc21. The first-order chi connectivity index (χ1) is 13.0. The molecule has 0 unspecified atom stereocenters. The first-order valence-corrected chi connectivity index (χ1v) is 9.16. The summed E-state index contributed by atoms with van der Waals surface area (Å²) in [5, 5.41) is 13.9. The molecule has 27 heavy (non-hydrogen) atoms. The second-order valence-electron chi connectivity index (χ2n) is 5.81. The molecule has 1 atom stereocenters. The van der Waals surface area contributed by atoms with Crippen LogP contribution in [0.25, 0.3) is 11.0 Å². The molecule has 0 aliphatic rings. The molecule has 0 spiro atoms. The number of fused-ring (bicyclic) bond motifs is 1. The van der Waals surface area contributed by atoms with Gasteiger partial charge in [0.25, 0.3) is 5.69 Å². The minimum absolute atomic E-state index is 0.137. The van der Waals surface area contributed by atoms with Gasteiger partial charge in [-0.2, -0.15) is 0 Å². The number of anilines is 1. The highest BCUT2D eigenvalue weighted by Gasteiger charge is 2.22. The third kappa shape index (κ3) is 4.01. The van der Waals surface area contributed by atoms with E-state index in [1.807, 2.05) is 28.8 Å². The van der Waals surface area contributed by atoms with E-state index in [0.717, 1.165) is 11.0 Å². The lowest BCUT2D eigenvalue weighted by Crippen LogP contribution is -2.23. The standard InChI is InChI=1S/C19H18N4O3S/c1-3-12-22-16-10-6-4-8-14(16)21-19(22)27-13(2)18(24)20-15-9-5-7-11-17(15)23(25)26/h3-11,13H,1,12H2,2H3,(H,20,24)/t13-/m1/s1. The van der Waals surface area contributed by atoms with Crippen molar-refractivity contribution in [3.8, 4) is 0 Å². The zero-order chi connectivity index (χ0) is 19.4. The zero-order valence-electron chi connectivity index (χ0n) is 14.7. The largest absolute Gasteiger partial charge is 0.319 e. The maximum atomic E-state index is 12.6. The van der Waals surface area contributed by atoms with Crippen LogP contribution in [-0.2, 0) is 11.3 Å². The molecule has 0 bridgehead atoms. The van der Waals surface area contributed by atoms with Crippen LogP contribution in [0.1, 0.15) is 6.92 Å². The first kappa shape index (κ1) is 18.7. The van der Waals surface area contributed by atoms with Crippen molar-refractivity contribution in [1.29, 1.82) is 0 Å². The van der Waals surface area contributed by atoms with Gasteiger partial charge in [0.15, 0.2) is 5.16 Å².